The third-order valence-electron chi connectivity index (χ3n) is 8.19. The Morgan fingerprint density at radius 2 is 2.00 bits per heavy atom. The number of piperidine rings is 1. The molecule has 2 fully saturated rings. The van der Waals surface area contributed by atoms with Crippen LogP contribution in [0.1, 0.15) is 58.8 Å². The number of rotatable bonds is 7. The van der Waals surface area contributed by atoms with Gasteiger partial charge in [0.2, 0.25) is 0 Å². The second-order valence-corrected chi connectivity index (χ2v) is 10.5. The fraction of sp³-hybridized carbons (Fsp3) is 0.414. The Balaban J connectivity index is 1.44. The zero-order valence-corrected chi connectivity index (χ0v) is 21.2. The number of H-pyrrole nitrogens is 1. The number of nitrogens with one attached hydrogen (secondary N) is 2. The van der Waals surface area contributed by atoms with Crippen LogP contribution >= 0.6 is 0 Å². The van der Waals surface area contributed by atoms with Crippen LogP contribution in [0.3, 0.4) is 0 Å². The number of aryl methyl sites for hydroxylation is 1. The number of amides is 1. The molecule has 2 aromatic carbocycles. The van der Waals surface area contributed by atoms with Gasteiger partial charge in [-0.25, -0.2) is 0 Å². The van der Waals surface area contributed by atoms with Gasteiger partial charge in [0.15, 0.2) is 0 Å². The molecule has 8 heteroatoms. The lowest BCUT2D eigenvalue weighted by molar-refractivity contribution is -0.135. The molecular weight excluding hydrogens is 468 g/mol. The number of likely N-dealkylation sites (tertiary alicyclic amines) is 1. The summed E-state index contributed by atoms with van der Waals surface area (Å²) in [6.07, 6.45) is 5.87. The summed E-state index contributed by atoms with van der Waals surface area (Å²) in [6, 6.07) is 14.2. The van der Waals surface area contributed by atoms with Gasteiger partial charge in [-0.2, -0.15) is 5.26 Å². The lowest BCUT2D eigenvalue weighted by Gasteiger charge is -2.53. The van der Waals surface area contributed by atoms with Crippen LogP contribution in [0.25, 0.3) is 10.9 Å². The molecule has 37 heavy (non-hydrogen) atoms. The van der Waals surface area contributed by atoms with Crippen molar-refractivity contribution in [1.29, 1.82) is 5.26 Å². The number of fused-ring (bicyclic) bond motifs is 1. The number of hydrogen-bond acceptors (Lipinski definition) is 5. The number of ether oxygens (including phenoxy) is 1. The minimum atomic E-state index is -1.08. The second-order valence-electron chi connectivity index (χ2n) is 10.5. The number of benzene rings is 2. The SMILES string of the molecule is COc1cc(C)c2[nH]ccc2c1CN1CCC2(CC(C#N)C2)C[C@H]1c1ccc(C(=O)NCC(=O)O)cc1. The first-order chi connectivity index (χ1) is 17.8. The molecule has 8 nitrogen and oxygen atoms in total. The number of aromatic nitrogens is 1. The number of hydrogen-bond donors (Lipinski definition) is 3. The van der Waals surface area contributed by atoms with Crippen LogP contribution < -0.4 is 10.1 Å². The average molecular weight is 501 g/mol. The molecule has 1 spiro atoms. The summed E-state index contributed by atoms with van der Waals surface area (Å²) in [5.74, 6) is -0.458. The first-order valence-corrected chi connectivity index (χ1v) is 12.7. The molecule has 1 aliphatic carbocycles. The Hall–Kier alpha value is -3.83. The maximum absolute atomic E-state index is 12.3. The van der Waals surface area contributed by atoms with Gasteiger partial charge in [-0.3, -0.25) is 14.5 Å². The molecule has 1 saturated heterocycles. The highest BCUT2D eigenvalue weighted by atomic mass is 16.5. The Morgan fingerprint density at radius 1 is 1.24 bits per heavy atom. The van der Waals surface area contributed by atoms with Crippen LogP contribution in [-0.2, 0) is 11.3 Å². The van der Waals surface area contributed by atoms with Gasteiger partial charge in [0.25, 0.3) is 5.91 Å². The molecule has 5 rings (SSSR count). The monoisotopic (exact) mass is 500 g/mol. The van der Waals surface area contributed by atoms with Gasteiger partial charge in [0, 0.05) is 46.7 Å². The molecule has 0 bridgehead atoms. The van der Waals surface area contributed by atoms with Gasteiger partial charge < -0.3 is 20.1 Å². The van der Waals surface area contributed by atoms with Crippen molar-refractivity contribution in [3.8, 4) is 11.8 Å². The van der Waals surface area contributed by atoms with E-state index in [2.05, 4.69) is 40.3 Å². The Labute approximate surface area is 216 Å². The first-order valence-electron chi connectivity index (χ1n) is 12.7. The van der Waals surface area contributed by atoms with Crippen LogP contribution in [-0.4, -0.2) is 47.1 Å². The zero-order valence-electron chi connectivity index (χ0n) is 21.2. The summed E-state index contributed by atoms with van der Waals surface area (Å²) >= 11 is 0. The van der Waals surface area contributed by atoms with E-state index < -0.39 is 18.4 Å². The molecule has 2 aliphatic rings. The summed E-state index contributed by atoms with van der Waals surface area (Å²) in [5, 5.41) is 21.8. The highest BCUT2D eigenvalue weighted by Crippen LogP contribution is 2.56. The topological polar surface area (TPSA) is 118 Å². The van der Waals surface area contributed by atoms with Gasteiger partial charge in [0.05, 0.1) is 13.2 Å². The number of carbonyl (C=O) groups excluding carboxylic acids is 1. The van der Waals surface area contributed by atoms with Crippen LogP contribution in [0.2, 0.25) is 0 Å². The molecule has 1 saturated carbocycles. The van der Waals surface area contributed by atoms with E-state index in [0.29, 0.717) is 5.56 Å². The Morgan fingerprint density at radius 3 is 2.68 bits per heavy atom. The first kappa shape index (κ1) is 24.8. The minimum absolute atomic E-state index is 0.129. The quantitative estimate of drug-likeness (QED) is 0.438. The maximum Gasteiger partial charge on any atom is 0.322 e. The van der Waals surface area contributed by atoms with Gasteiger partial charge in [-0.15, -0.1) is 0 Å². The predicted molar refractivity (Wildman–Crippen MR) is 139 cm³/mol. The van der Waals surface area contributed by atoms with Crippen LogP contribution in [0, 0.1) is 29.6 Å². The zero-order chi connectivity index (χ0) is 26.2. The van der Waals surface area contributed by atoms with Crippen molar-refractivity contribution in [3.05, 3.63) is 64.8 Å². The maximum atomic E-state index is 12.3. The summed E-state index contributed by atoms with van der Waals surface area (Å²) in [7, 11) is 1.71. The summed E-state index contributed by atoms with van der Waals surface area (Å²) in [4.78, 5) is 29.0. The summed E-state index contributed by atoms with van der Waals surface area (Å²) in [5.41, 5.74) is 5.14. The number of aromatic amines is 1. The van der Waals surface area contributed by atoms with Crippen LogP contribution in [0.4, 0.5) is 0 Å². The van der Waals surface area contributed by atoms with Crippen LogP contribution in [0.5, 0.6) is 5.75 Å². The molecule has 1 atom stereocenters. The third-order valence-corrected chi connectivity index (χ3v) is 8.19. The number of carboxylic acids is 1. The van der Waals surface area contributed by atoms with E-state index >= 15 is 0 Å². The molecular formula is C29H32N4O4. The molecule has 1 aliphatic heterocycles. The molecule has 192 valence electrons. The number of aliphatic carboxylic acids is 1. The third kappa shape index (κ3) is 4.79. The van der Waals surface area contributed by atoms with E-state index in [1.165, 1.54) is 0 Å². The Bertz CT molecular complexity index is 1370. The Kier molecular flexibility index (Phi) is 6.65. The molecule has 0 radical (unpaired) electrons. The van der Waals surface area contributed by atoms with Crippen molar-refractivity contribution in [2.24, 2.45) is 11.3 Å². The van der Waals surface area contributed by atoms with Crippen molar-refractivity contribution in [3.63, 3.8) is 0 Å². The largest absolute Gasteiger partial charge is 0.496 e. The number of carboxylic acid groups (broad SMARTS) is 1. The normalized spacial score (nSPS) is 23.4. The van der Waals surface area contributed by atoms with E-state index in [4.69, 9.17) is 9.84 Å². The molecule has 3 N–H and O–H groups in total. The minimum Gasteiger partial charge on any atom is -0.496 e. The molecule has 1 amide bonds. The number of methoxy groups -OCH3 is 1. The van der Waals surface area contributed by atoms with Crippen molar-refractivity contribution in [1.82, 2.24) is 15.2 Å². The van der Waals surface area contributed by atoms with E-state index in [1.807, 2.05) is 18.3 Å². The molecule has 1 aromatic heterocycles. The van der Waals surface area contributed by atoms with Crippen molar-refractivity contribution in [2.75, 3.05) is 20.2 Å². The van der Waals surface area contributed by atoms with Gasteiger partial charge in [-0.05, 0) is 80.0 Å². The van der Waals surface area contributed by atoms with Gasteiger partial charge in [-0.1, -0.05) is 12.1 Å². The number of nitrogens with zero attached hydrogens (tertiary/aromatic N) is 2. The van der Waals surface area contributed by atoms with E-state index in [0.717, 1.165) is 72.1 Å². The van der Waals surface area contributed by atoms with Gasteiger partial charge in [0.1, 0.15) is 12.3 Å². The van der Waals surface area contributed by atoms with E-state index in [1.54, 1.807) is 19.2 Å². The second kappa shape index (κ2) is 9.91. The molecule has 3 aromatic rings. The lowest BCUT2D eigenvalue weighted by atomic mass is 9.56. The lowest BCUT2D eigenvalue weighted by Crippen LogP contribution is -2.48. The molecule has 0 unspecified atom stereocenters. The van der Waals surface area contributed by atoms with E-state index in [9.17, 15) is 14.9 Å². The highest BCUT2D eigenvalue weighted by Gasteiger charge is 2.49. The fourth-order valence-electron chi connectivity index (χ4n) is 6.24. The van der Waals surface area contributed by atoms with E-state index in [-0.39, 0.29) is 17.4 Å². The predicted octanol–water partition coefficient (Wildman–Crippen LogP) is 4.56. The van der Waals surface area contributed by atoms with Crippen molar-refractivity contribution in [2.45, 2.75) is 45.2 Å². The summed E-state index contributed by atoms with van der Waals surface area (Å²) in [6.45, 7) is 3.30. The van der Waals surface area contributed by atoms with Crippen molar-refractivity contribution < 1.29 is 19.4 Å². The van der Waals surface area contributed by atoms with Crippen molar-refractivity contribution >= 4 is 22.8 Å². The number of carbonyl (C=O) groups is 2. The average Bonchev–Trinajstić information content (AvgIpc) is 3.38. The standard InChI is InChI=1S/C29H32N4O4/c1-18-11-25(37-2)23(22-7-9-31-27(18)22)17-33-10-8-29(12-19(13-29)15-30)14-24(33)20-3-5-21(6-4-20)28(36)32-16-26(34)35/h3-7,9,11,19,24,31H,8,10,12-14,16-17H2,1-2H3,(H,32,36)(H,34,35)/t19?,24-,29?/m0/s1. The smallest absolute Gasteiger partial charge is 0.322 e. The summed E-state index contributed by atoms with van der Waals surface area (Å²) < 4.78 is 5.81. The number of nitriles is 1. The van der Waals surface area contributed by atoms with Gasteiger partial charge >= 0.3 is 5.97 Å². The van der Waals surface area contributed by atoms with Crippen LogP contribution in [0.15, 0.2) is 42.6 Å². The molecule has 2 heterocycles. The highest BCUT2D eigenvalue weighted by molar-refractivity contribution is 5.95. The fourth-order valence-corrected chi connectivity index (χ4v) is 6.24.